The van der Waals surface area contributed by atoms with E-state index in [4.69, 9.17) is 0 Å². The molecule has 168 valence electrons. The summed E-state index contributed by atoms with van der Waals surface area (Å²) in [6.45, 7) is 3.07. The average molecular weight is 440 g/mol. The van der Waals surface area contributed by atoms with Crippen molar-refractivity contribution in [3.8, 4) is 11.1 Å². The van der Waals surface area contributed by atoms with Gasteiger partial charge in [0.1, 0.15) is 0 Å². The molecule has 1 N–H and O–H groups in total. The lowest BCUT2D eigenvalue weighted by atomic mass is 9.86. The van der Waals surface area contributed by atoms with Gasteiger partial charge in [0.05, 0.1) is 17.4 Å². The fourth-order valence-electron chi connectivity index (χ4n) is 4.41. The van der Waals surface area contributed by atoms with Crippen LogP contribution < -0.4 is 5.32 Å². The number of anilines is 1. The van der Waals surface area contributed by atoms with Gasteiger partial charge in [0.25, 0.3) is 0 Å². The van der Waals surface area contributed by atoms with Gasteiger partial charge in [0.2, 0.25) is 17.8 Å². The number of nitrogens with zero attached hydrogens (tertiary/aromatic N) is 5. The van der Waals surface area contributed by atoms with Crippen LogP contribution in [0.3, 0.4) is 0 Å². The molecule has 3 aromatic rings. The second kappa shape index (κ2) is 8.20. The molecule has 0 unspecified atom stereocenters. The number of rotatable bonds is 5. The predicted octanol–water partition coefficient (Wildman–Crippen LogP) is 4.00. The lowest BCUT2D eigenvalue weighted by Gasteiger charge is -2.30. The summed E-state index contributed by atoms with van der Waals surface area (Å²) in [5, 5.41) is 8.03. The van der Waals surface area contributed by atoms with Gasteiger partial charge in [0.15, 0.2) is 0 Å². The van der Waals surface area contributed by atoms with Crippen molar-refractivity contribution in [1.82, 2.24) is 24.6 Å². The number of fused-ring (bicyclic) bond motifs is 1. The summed E-state index contributed by atoms with van der Waals surface area (Å²) in [6, 6.07) is 5.97. The standard InChI is InChI=1S/C23H26F2N6O/c1-30-20(14-31-9-2-10-31)18(13-27-30)16-3-4-17-12-26-22(28-19(17)11-16)29-21(32)15-5-7-23(24,25)8-6-15/h3-4,11-13,15H,2,5-10,14H2,1H3,(H,26,28,29,32). The Kier molecular flexibility index (Phi) is 5.36. The summed E-state index contributed by atoms with van der Waals surface area (Å²) in [4.78, 5) is 23.7. The van der Waals surface area contributed by atoms with E-state index in [1.54, 1.807) is 6.20 Å². The first kappa shape index (κ1) is 20.9. The van der Waals surface area contributed by atoms with Crippen LogP contribution >= 0.6 is 0 Å². The van der Waals surface area contributed by atoms with Crippen LogP contribution in [0, 0.1) is 5.92 Å². The van der Waals surface area contributed by atoms with Gasteiger partial charge in [-0.2, -0.15) is 5.10 Å². The fourth-order valence-corrected chi connectivity index (χ4v) is 4.41. The van der Waals surface area contributed by atoms with E-state index in [-0.39, 0.29) is 37.5 Å². The number of carbonyl (C=O) groups excluding carboxylic acids is 1. The molecule has 5 rings (SSSR count). The van der Waals surface area contributed by atoms with Crippen molar-refractivity contribution < 1.29 is 13.6 Å². The van der Waals surface area contributed by atoms with E-state index in [1.165, 1.54) is 6.42 Å². The Morgan fingerprint density at radius 3 is 2.72 bits per heavy atom. The maximum Gasteiger partial charge on any atom is 0.248 e. The summed E-state index contributed by atoms with van der Waals surface area (Å²) in [6.07, 6.45) is 4.63. The van der Waals surface area contributed by atoms with Crippen LogP contribution in [0.2, 0.25) is 0 Å². The molecule has 0 radical (unpaired) electrons. The Morgan fingerprint density at radius 2 is 2.00 bits per heavy atom. The Bertz CT molecular complexity index is 1150. The summed E-state index contributed by atoms with van der Waals surface area (Å²) in [7, 11) is 1.95. The van der Waals surface area contributed by atoms with Crippen molar-refractivity contribution in [2.75, 3.05) is 18.4 Å². The predicted molar refractivity (Wildman–Crippen MR) is 117 cm³/mol. The van der Waals surface area contributed by atoms with E-state index in [0.29, 0.717) is 5.52 Å². The van der Waals surface area contributed by atoms with Crippen LogP contribution in [0.1, 0.15) is 37.8 Å². The quantitative estimate of drug-likeness (QED) is 0.649. The zero-order valence-electron chi connectivity index (χ0n) is 18.0. The zero-order chi connectivity index (χ0) is 22.3. The third kappa shape index (κ3) is 4.21. The van der Waals surface area contributed by atoms with Crippen LogP contribution in [0.15, 0.2) is 30.6 Å². The normalized spacial score (nSPS) is 19.1. The number of benzene rings is 1. The molecule has 0 spiro atoms. The highest BCUT2D eigenvalue weighted by Crippen LogP contribution is 2.36. The lowest BCUT2D eigenvalue weighted by molar-refractivity contribution is -0.124. The van der Waals surface area contributed by atoms with Gasteiger partial charge < -0.3 is 0 Å². The molecule has 0 bridgehead atoms. The number of alkyl halides is 2. The minimum absolute atomic E-state index is 0.178. The van der Waals surface area contributed by atoms with E-state index < -0.39 is 11.8 Å². The first-order valence-corrected chi connectivity index (χ1v) is 11.1. The van der Waals surface area contributed by atoms with E-state index in [1.807, 2.05) is 36.1 Å². The number of halogens is 2. The maximum absolute atomic E-state index is 13.4. The molecule has 0 atom stereocenters. The van der Waals surface area contributed by atoms with Gasteiger partial charge in [-0.15, -0.1) is 0 Å². The minimum atomic E-state index is -2.66. The number of likely N-dealkylation sites (tertiary alicyclic amines) is 1. The molecule has 1 aliphatic carbocycles. The largest absolute Gasteiger partial charge is 0.297 e. The molecular weight excluding hydrogens is 414 g/mol. The minimum Gasteiger partial charge on any atom is -0.297 e. The number of aromatic nitrogens is 4. The van der Waals surface area contributed by atoms with E-state index >= 15 is 0 Å². The number of aryl methyl sites for hydroxylation is 1. The second-order valence-corrected chi connectivity index (χ2v) is 8.84. The van der Waals surface area contributed by atoms with Gasteiger partial charge in [-0.3, -0.25) is 19.7 Å². The van der Waals surface area contributed by atoms with Crippen LogP contribution in [0.5, 0.6) is 0 Å². The molecule has 2 aliphatic rings. The lowest BCUT2D eigenvalue weighted by Crippen LogP contribution is -2.37. The molecule has 7 nitrogen and oxygen atoms in total. The Hall–Kier alpha value is -2.94. The first-order valence-electron chi connectivity index (χ1n) is 11.1. The summed E-state index contributed by atoms with van der Waals surface area (Å²) < 4.78 is 28.7. The molecule has 1 amide bonds. The summed E-state index contributed by atoms with van der Waals surface area (Å²) in [5.74, 6) is -3.18. The second-order valence-electron chi connectivity index (χ2n) is 8.84. The molecule has 32 heavy (non-hydrogen) atoms. The number of carbonyl (C=O) groups is 1. The van der Waals surface area contributed by atoms with Crippen molar-refractivity contribution in [2.24, 2.45) is 13.0 Å². The van der Waals surface area contributed by atoms with E-state index in [2.05, 4.69) is 25.3 Å². The third-order valence-electron chi connectivity index (χ3n) is 6.60. The zero-order valence-corrected chi connectivity index (χ0v) is 18.0. The summed E-state index contributed by atoms with van der Waals surface area (Å²) >= 11 is 0. The van der Waals surface area contributed by atoms with Crippen molar-refractivity contribution in [2.45, 2.75) is 44.6 Å². The molecule has 2 fully saturated rings. The number of hydrogen-bond acceptors (Lipinski definition) is 5. The van der Waals surface area contributed by atoms with Crippen LogP contribution in [-0.4, -0.2) is 49.6 Å². The molecule has 9 heteroatoms. The van der Waals surface area contributed by atoms with Gasteiger partial charge >= 0.3 is 0 Å². The van der Waals surface area contributed by atoms with Crippen molar-refractivity contribution in [3.05, 3.63) is 36.3 Å². The maximum atomic E-state index is 13.4. The molecule has 1 aromatic carbocycles. The van der Waals surface area contributed by atoms with Crippen LogP contribution in [0.25, 0.3) is 22.0 Å². The van der Waals surface area contributed by atoms with Gasteiger partial charge in [-0.1, -0.05) is 12.1 Å². The molecular formula is C23H26F2N6O. The van der Waals surface area contributed by atoms with E-state index in [9.17, 15) is 13.6 Å². The molecule has 2 aromatic heterocycles. The Labute approximate surface area is 184 Å². The fraction of sp³-hybridized carbons (Fsp3) is 0.478. The van der Waals surface area contributed by atoms with Crippen LogP contribution in [-0.2, 0) is 18.4 Å². The highest BCUT2D eigenvalue weighted by molar-refractivity contribution is 5.92. The third-order valence-corrected chi connectivity index (χ3v) is 6.60. The molecule has 1 saturated carbocycles. The molecule has 1 saturated heterocycles. The highest BCUT2D eigenvalue weighted by Gasteiger charge is 2.37. The van der Waals surface area contributed by atoms with Gasteiger partial charge in [0, 0.05) is 49.5 Å². The Morgan fingerprint density at radius 1 is 1.22 bits per heavy atom. The van der Waals surface area contributed by atoms with Gasteiger partial charge in [-0.05, 0) is 44.0 Å². The van der Waals surface area contributed by atoms with Gasteiger partial charge in [-0.25, -0.2) is 18.7 Å². The smallest absolute Gasteiger partial charge is 0.248 e. The SMILES string of the molecule is Cn1ncc(-c2ccc3cnc(NC(=O)C4CCC(F)(F)CC4)nc3c2)c1CN1CCC1. The average Bonchev–Trinajstić information content (AvgIpc) is 3.10. The Balaban J connectivity index is 1.36. The monoisotopic (exact) mass is 440 g/mol. The topological polar surface area (TPSA) is 75.9 Å². The van der Waals surface area contributed by atoms with E-state index in [0.717, 1.165) is 41.8 Å². The molecule has 3 heterocycles. The number of amides is 1. The highest BCUT2D eigenvalue weighted by atomic mass is 19.3. The van der Waals surface area contributed by atoms with Crippen molar-refractivity contribution in [3.63, 3.8) is 0 Å². The van der Waals surface area contributed by atoms with Crippen LogP contribution in [0.4, 0.5) is 14.7 Å². The van der Waals surface area contributed by atoms with Crippen molar-refractivity contribution in [1.29, 1.82) is 0 Å². The first-order chi connectivity index (χ1) is 15.4. The summed E-state index contributed by atoms with van der Waals surface area (Å²) in [5.41, 5.74) is 3.93. The van der Waals surface area contributed by atoms with Crippen molar-refractivity contribution >= 4 is 22.8 Å². The molecule has 1 aliphatic heterocycles. The number of nitrogens with one attached hydrogen (secondary N) is 1. The number of hydrogen-bond donors (Lipinski definition) is 1.